The van der Waals surface area contributed by atoms with Crippen LogP contribution in [-0.2, 0) is 6.42 Å². The normalized spacial score (nSPS) is 24.9. The molecule has 2 atom stereocenters. The quantitative estimate of drug-likeness (QED) is 0.681. The van der Waals surface area contributed by atoms with E-state index in [-0.39, 0.29) is 0 Å². The molecule has 1 aliphatic rings. The van der Waals surface area contributed by atoms with Crippen LogP contribution in [0.2, 0.25) is 0 Å². The van der Waals surface area contributed by atoms with Crippen molar-refractivity contribution in [2.45, 2.75) is 52.4 Å². The Balaban J connectivity index is 1.70. The molecule has 1 aromatic rings. The van der Waals surface area contributed by atoms with Gasteiger partial charge in [0.2, 0.25) is 0 Å². The summed E-state index contributed by atoms with van der Waals surface area (Å²) >= 11 is 0. The highest BCUT2D eigenvalue weighted by Gasteiger charge is 2.20. The maximum atomic E-state index is 2.40. The Labute approximate surface area is 100 Å². The van der Waals surface area contributed by atoms with Gasteiger partial charge in [-0.3, -0.25) is 0 Å². The van der Waals surface area contributed by atoms with Crippen LogP contribution in [0.4, 0.5) is 0 Å². The van der Waals surface area contributed by atoms with Gasteiger partial charge in [0.1, 0.15) is 0 Å². The third-order valence-corrected chi connectivity index (χ3v) is 4.00. The molecule has 0 spiro atoms. The van der Waals surface area contributed by atoms with Crippen LogP contribution >= 0.6 is 0 Å². The third-order valence-electron chi connectivity index (χ3n) is 4.00. The monoisotopic (exact) mass is 216 g/mol. The largest absolute Gasteiger partial charge is 0.0625 e. The van der Waals surface area contributed by atoms with Crippen LogP contribution in [-0.4, -0.2) is 0 Å². The molecular formula is C16H24. The lowest BCUT2D eigenvalue weighted by Gasteiger charge is -2.09. The van der Waals surface area contributed by atoms with Crippen molar-refractivity contribution >= 4 is 0 Å². The van der Waals surface area contributed by atoms with Crippen LogP contribution in [0, 0.1) is 18.8 Å². The summed E-state index contributed by atoms with van der Waals surface area (Å²) in [5.74, 6) is 2.02. The topological polar surface area (TPSA) is 0 Å². The van der Waals surface area contributed by atoms with Crippen LogP contribution in [0.1, 0.15) is 50.2 Å². The molecule has 0 saturated heterocycles. The van der Waals surface area contributed by atoms with Crippen molar-refractivity contribution in [1.82, 2.24) is 0 Å². The Morgan fingerprint density at radius 2 is 1.88 bits per heavy atom. The first kappa shape index (κ1) is 11.7. The van der Waals surface area contributed by atoms with E-state index in [1.807, 2.05) is 0 Å². The standard InChI is InChI=1S/C16H24/c1-13-6-9-15(10-7-13)4-3-5-16-11-8-14(2)12-16/h6-7,9-10,14,16H,3-5,8,11-12H2,1-2H3. The van der Waals surface area contributed by atoms with Crippen LogP contribution < -0.4 is 0 Å². The van der Waals surface area contributed by atoms with Gasteiger partial charge in [-0.05, 0) is 43.6 Å². The lowest BCUT2D eigenvalue weighted by atomic mass is 9.97. The van der Waals surface area contributed by atoms with E-state index in [2.05, 4.69) is 38.1 Å². The molecule has 0 heteroatoms. The number of hydrogen-bond donors (Lipinski definition) is 0. The highest BCUT2D eigenvalue weighted by Crippen LogP contribution is 2.33. The zero-order valence-corrected chi connectivity index (χ0v) is 10.7. The maximum absolute atomic E-state index is 2.40. The predicted octanol–water partition coefficient (Wildman–Crippen LogP) is 4.75. The van der Waals surface area contributed by atoms with Crippen molar-refractivity contribution in [3.63, 3.8) is 0 Å². The second kappa shape index (κ2) is 5.52. The molecule has 1 aliphatic carbocycles. The molecule has 1 fully saturated rings. The summed E-state index contributed by atoms with van der Waals surface area (Å²) in [7, 11) is 0. The molecule has 0 nitrogen and oxygen atoms in total. The average molecular weight is 216 g/mol. The molecule has 0 aromatic heterocycles. The fourth-order valence-corrected chi connectivity index (χ4v) is 2.94. The van der Waals surface area contributed by atoms with Crippen molar-refractivity contribution in [2.24, 2.45) is 11.8 Å². The second-order valence-corrected chi connectivity index (χ2v) is 5.66. The van der Waals surface area contributed by atoms with Gasteiger partial charge in [-0.1, -0.05) is 56.0 Å². The lowest BCUT2D eigenvalue weighted by Crippen LogP contribution is -1.96. The smallest absolute Gasteiger partial charge is 0.0279 e. The van der Waals surface area contributed by atoms with Crippen LogP contribution in [0.5, 0.6) is 0 Å². The molecule has 0 heterocycles. The summed E-state index contributed by atoms with van der Waals surface area (Å²) in [6.07, 6.45) is 8.52. The molecule has 0 N–H and O–H groups in total. The summed E-state index contributed by atoms with van der Waals surface area (Å²) in [6, 6.07) is 9.03. The van der Waals surface area contributed by atoms with Crippen LogP contribution in [0.25, 0.3) is 0 Å². The SMILES string of the molecule is Cc1ccc(CCCC2CCC(C)C2)cc1. The maximum Gasteiger partial charge on any atom is -0.0279 e. The molecule has 0 amide bonds. The van der Waals surface area contributed by atoms with E-state index in [0.29, 0.717) is 0 Å². The molecule has 88 valence electrons. The van der Waals surface area contributed by atoms with Gasteiger partial charge in [-0.25, -0.2) is 0 Å². The van der Waals surface area contributed by atoms with Crippen LogP contribution in [0.3, 0.4) is 0 Å². The van der Waals surface area contributed by atoms with Gasteiger partial charge in [-0.2, -0.15) is 0 Å². The van der Waals surface area contributed by atoms with Crippen molar-refractivity contribution in [3.8, 4) is 0 Å². The van der Waals surface area contributed by atoms with Gasteiger partial charge < -0.3 is 0 Å². The second-order valence-electron chi connectivity index (χ2n) is 5.66. The summed E-state index contributed by atoms with van der Waals surface area (Å²) in [5.41, 5.74) is 2.88. The van der Waals surface area contributed by atoms with E-state index in [1.165, 1.54) is 49.7 Å². The Bertz CT molecular complexity index is 309. The predicted molar refractivity (Wildman–Crippen MR) is 70.6 cm³/mol. The first-order valence-corrected chi connectivity index (χ1v) is 6.79. The minimum Gasteiger partial charge on any atom is -0.0625 e. The first-order valence-electron chi connectivity index (χ1n) is 6.79. The minimum atomic E-state index is 0.990. The molecule has 16 heavy (non-hydrogen) atoms. The fourth-order valence-electron chi connectivity index (χ4n) is 2.94. The Morgan fingerprint density at radius 3 is 2.50 bits per heavy atom. The number of benzene rings is 1. The molecule has 1 saturated carbocycles. The van der Waals surface area contributed by atoms with Gasteiger partial charge in [0.05, 0.1) is 0 Å². The number of aryl methyl sites for hydroxylation is 2. The van der Waals surface area contributed by atoms with E-state index < -0.39 is 0 Å². The van der Waals surface area contributed by atoms with Gasteiger partial charge in [0, 0.05) is 0 Å². The van der Waals surface area contributed by atoms with Crippen molar-refractivity contribution < 1.29 is 0 Å². The van der Waals surface area contributed by atoms with E-state index >= 15 is 0 Å². The number of hydrogen-bond acceptors (Lipinski definition) is 0. The summed E-state index contributed by atoms with van der Waals surface area (Å²) in [4.78, 5) is 0. The molecule has 1 aromatic carbocycles. The highest BCUT2D eigenvalue weighted by atomic mass is 14.3. The summed E-state index contributed by atoms with van der Waals surface area (Å²) in [6.45, 7) is 4.56. The van der Waals surface area contributed by atoms with E-state index in [1.54, 1.807) is 0 Å². The zero-order valence-electron chi connectivity index (χ0n) is 10.7. The summed E-state index contributed by atoms with van der Waals surface area (Å²) < 4.78 is 0. The molecular weight excluding hydrogens is 192 g/mol. The van der Waals surface area contributed by atoms with E-state index in [0.717, 1.165) is 11.8 Å². The van der Waals surface area contributed by atoms with Crippen LogP contribution in [0.15, 0.2) is 24.3 Å². The molecule has 2 unspecified atom stereocenters. The van der Waals surface area contributed by atoms with Crippen molar-refractivity contribution in [2.75, 3.05) is 0 Å². The van der Waals surface area contributed by atoms with E-state index in [9.17, 15) is 0 Å². The van der Waals surface area contributed by atoms with Gasteiger partial charge in [0.15, 0.2) is 0 Å². The fraction of sp³-hybridized carbons (Fsp3) is 0.625. The molecule has 0 radical (unpaired) electrons. The third kappa shape index (κ3) is 3.37. The van der Waals surface area contributed by atoms with E-state index in [4.69, 9.17) is 0 Å². The van der Waals surface area contributed by atoms with Crippen molar-refractivity contribution in [1.29, 1.82) is 0 Å². The Kier molecular flexibility index (Phi) is 4.04. The first-order chi connectivity index (χ1) is 7.74. The zero-order chi connectivity index (χ0) is 11.4. The minimum absolute atomic E-state index is 0.990. The number of rotatable bonds is 4. The van der Waals surface area contributed by atoms with Gasteiger partial charge >= 0.3 is 0 Å². The molecule has 0 aliphatic heterocycles. The molecule has 0 bridgehead atoms. The Hall–Kier alpha value is -0.780. The van der Waals surface area contributed by atoms with Gasteiger partial charge in [-0.15, -0.1) is 0 Å². The Morgan fingerprint density at radius 1 is 1.12 bits per heavy atom. The summed E-state index contributed by atoms with van der Waals surface area (Å²) in [5, 5.41) is 0. The highest BCUT2D eigenvalue weighted by molar-refractivity contribution is 5.21. The van der Waals surface area contributed by atoms with Gasteiger partial charge in [0.25, 0.3) is 0 Å². The van der Waals surface area contributed by atoms with Crippen molar-refractivity contribution in [3.05, 3.63) is 35.4 Å². The molecule has 2 rings (SSSR count). The lowest BCUT2D eigenvalue weighted by molar-refractivity contribution is 0.464. The average Bonchev–Trinajstić information content (AvgIpc) is 2.67.